The smallest absolute Gasteiger partial charge is 0.273 e. The van der Waals surface area contributed by atoms with Gasteiger partial charge in [0.2, 0.25) is 5.89 Å². The largest absolute Gasteiger partial charge is 0.415 e. The fraction of sp³-hybridized carbons (Fsp3) is 0.158. The van der Waals surface area contributed by atoms with Crippen LogP contribution in [0.2, 0.25) is 0 Å². The van der Waals surface area contributed by atoms with Crippen LogP contribution in [0.3, 0.4) is 0 Å². The van der Waals surface area contributed by atoms with E-state index in [1.165, 1.54) is 6.07 Å². The van der Waals surface area contributed by atoms with Crippen molar-refractivity contribution in [3.8, 4) is 11.5 Å². The van der Waals surface area contributed by atoms with Gasteiger partial charge in [0.25, 0.3) is 11.6 Å². The maximum Gasteiger partial charge on any atom is 0.273 e. The van der Waals surface area contributed by atoms with Crippen LogP contribution in [0.25, 0.3) is 22.6 Å². The summed E-state index contributed by atoms with van der Waals surface area (Å²) in [6.45, 7) is 3.84. The molecule has 1 heterocycles. The third-order valence-corrected chi connectivity index (χ3v) is 4.15. The van der Waals surface area contributed by atoms with Crippen molar-refractivity contribution in [2.45, 2.75) is 20.3 Å². The topological polar surface area (TPSA) is 82.1 Å². The van der Waals surface area contributed by atoms with E-state index >= 15 is 0 Å². The average molecular weight is 370 g/mol. The van der Waals surface area contributed by atoms with Crippen LogP contribution in [-0.4, -0.2) is 15.1 Å². The van der Waals surface area contributed by atoms with Gasteiger partial charge in [-0.1, -0.05) is 48.4 Å². The van der Waals surface area contributed by atoms with Gasteiger partial charge in [0.05, 0.1) is 4.92 Å². The lowest BCUT2D eigenvalue weighted by atomic mass is 10.1. The van der Waals surface area contributed by atoms with Gasteiger partial charge in [0, 0.05) is 17.2 Å². The van der Waals surface area contributed by atoms with Crippen molar-refractivity contribution >= 4 is 28.4 Å². The predicted octanol–water partition coefficient (Wildman–Crippen LogP) is 5.25. The molecule has 0 N–H and O–H groups in total. The number of hydrogen-bond donors (Lipinski definition) is 0. The molecule has 0 spiro atoms. The fourth-order valence-corrected chi connectivity index (χ4v) is 2.76. The monoisotopic (exact) mass is 369 g/mol. The zero-order valence-electron chi connectivity index (χ0n) is 14.3. The molecule has 0 saturated heterocycles. The van der Waals surface area contributed by atoms with Crippen LogP contribution >= 0.6 is 11.6 Å². The summed E-state index contributed by atoms with van der Waals surface area (Å²) >= 11 is 6.27. The number of halogens is 1. The van der Waals surface area contributed by atoms with Crippen molar-refractivity contribution in [1.82, 2.24) is 10.2 Å². The van der Waals surface area contributed by atoms with Crippen LogP contribution in [-0.2, 0) is 6.42 Å². The summed E-state index contributed by atoms with van der Waals surface area (Å²) in [6.07, 6.45) is 2.15. The Labute approximate surface area is 155 Å². The number of nitro groups is 1. The number of aryl methyl sites for hydroxylation is 2. The molecule has 0 radical (unpaired) electrons. The standard InChI is InChI=1S/C19H16ClN3O3/c1-3-14-8-7-13(11-17(14)23(24)25)10-16(20)19-22-21-18(26-19)15-6-4-5-12(2)9-15/h4-11H,3H2,1-2H3/b16-10-. The molecule has 0 fully saturated rings. The van der Waals surface area contributed by atoms with E-state index in [2.05, 4.69) is 10.2 Å². The van der Waals surface area contributed by atoms with Gasteiger partial charge in [-0.15, -0.1) is 10.2 Å². The molecule has 0 aliphatic rings. The minimum absolute atomic E-state index is 0.0664. The zero-order chi connectivity index (χ0) is 18.7. The Morgan fingerprint density at radius 2 is 2.08 bits per heavy atom. The molecule has 0 bridgehead atoms. The van der Waals surface area contributed by atoms with E-state index < -0.39 is 4.92 Å². The van der Waals surface area contributed by atoms with E-state index in [0.29, 0.717) is 23.4 Å². The third kappa shape index (κ3) is 3.81. The Balaban J connectivity index is 1.91. The number of nitro benzene ring substituents is 1. The van der Waals surface area contributed by atoms with Gasteiger partial charge in [0.15, 0.2) is 0 Å². The Morgan fingerprint density at radius 1 is 1.27 bits per heavy atom. The van der Waals surface area contributed by atoms with Gasteiger partial charge >= 0.3 is 0 Å². The first-order chi connectivity index (χ1) is 12.5. The molecule has 0 saturated carbocycles. The molecule has 2 aromatic carbocycles. The van der Waals surface area contributed by atoms with Crippen molar-refractivity contribution in [2.24, 2.45) is 0 Å². The minimum Gasteiger partial charge on any atom is -0.415 e. The predicted molar refractivity (Wildman–Crippen MR) is 101 cm³/mol. The Hall–Kier alpha value is -2.99. The molecule has 0 aliphatic carbocycles. The van der Waals surface area contributed by atoms with Crippen LogP contribution in [0.5, 0.6) is 0 Å². The van der Waals surface area contributed by atoms with Crippen molar-refractivity contribution in [3.63, 3.8) is 0 Å². The van der Waals surface area contributed by atoms with Crippen LogP contribution in [0.15, 0.2) is 46.9 Å². The molecule has 7 heteroatoms. The van der Waals surface area contributed by atoms with Gasteiger partial charge in [-0.2, -0.15) is 0 Å². The first-order valence-electron chi connectivity index (χ1n) is 8.03. The fourth-order valence-electron chi connectivity index (χ4n) is 2.56. The van der Waals surface area contributed by atoms with E-state index in [9.17, 15) is 10.1 Å². The second-order valence-electron chi connectivity index (χ2n) is 5.77. The van der Waals surface area contributed by atoms with Crippen LogP contribution in [0.4, 0.5) is 5.69 Å². The molecule has 0 aliphatic heterocycles. The van der Waals surface area contributed by atoms with E-state index in [1.807, 2.05) is 38.1 Å². The highest BCUT2D eigenvalue weighted by molar-refractivity contribution is 6.50. The molecule has 0 amide bonds. The lowest BCUT2D eigenvalue weighted by Gasteiger charge is -2.01. The highest BCUT2D eigenvalue weighted by Crippen LogP contribution is 2.28. The van der Waals surface area contributed by atoms with E-state index in [4.69, 9.17) is 16.0 Å². The molecule has 3 rings (SSSR count). The minimum atomic E-state index is -0.396. The summed E-state index contributed by atoms with van der Waals surface area (Å²) in [5.41, 5.74) is 3.21. The number of rotatable bonds is 5. The van der Waals surface area contributed by atoms with E-state index in [-0.39, 0.29) is 16.6 Å². The van der Waals surface area contributed by atoms with Gasteiger partial charge in [0.1, 0.15) is 5.03 Å². The second-order valence-corrected chi connectivity index (χ2v) is 6.18. The summed E-state index contributed by atoms with van der Waals surface area (Å²) in [6, 6.07) is 12.7. The molecular weight excluding hydrogens is 354 g/mol. The number of benzene rings is 2. The third-order valence-electron chi connectivity index (χ3n) is 3.87. The van der Waals surface area contributed by atoms with Crippen LogP contribution in [0, 0.1) is 17.0 Å². The SMILES string of the molecule is CCc1ccc(/C=C(\Cl)c2nnc(-c3cccc(C)c3)o2)cc1[N+](=O)[O-]. The molecule has 0 unspecified atom stereocenters. The summed E-state index contributed by atoms with van der Waals surface area (Å²) in [5.74, 6) is 0.521. The summed E-state index contributed by atoms with van der Waals surface area (Å²) < 4.78 is 5.62. The van der Waals surface area contributed by atoms with Crippen LogP contribution in [0.1, 0.15) is 29.5 Å². The molecule has 132 valence electrons. The van der Waals surface area contributed by atoms with Crippen molar-refractivity contribution < 1.29 is 9.34 Å². The van der Waals surface area contributed by atoms with E-state index in [0.717, 1.165) is 11.1 Å². The first kappa shape index (κ1) is 17.8. The van der Waals surface area contributed by atoms with Crippen molar-refractivity contribution in [2.75, 3.05) is 0 Å². The molecule has 0 atom stereocenters. The Morgan fingerprint density at radius 3 is 2.77 bits per heavy atom. The lowest BCUT2D eigenvalue weighted by Crippen LogP contribution is -1.94. The molecule has 26 heavy (non-hydrogen) atoms. The normalized spacial score (nSPS) is 11.6. The van der Waals surface area contributed by atoms with Gasteiger partial charge in [-0.25, -0.2) is 0 Å². The first-order valence-corrected chi connectivity index (χ1v) is 8.41. The van der Waals surface area contributed by atoms with E-state index in [1.54, 1.807) is 18.2 Å². The average Bonchev–Trinajstić information content (AvgIpc) is 3.12. The maximum absolute atomic E-state index is 11.2. The molecular formula is C19H16ClN3O3. The number of hydrogen-bond acceptors (Lipinski definition) is 5. The lowest BCUT2D eigenvalue weighted by molar-refractivity contribution is -0.385. The Bertz CT molecular complexity index is 995. The number of aromatic nitrogens is 2. The molecule has 3 aromatic rings. The van der Waals surface area contributed by atoms with Crippen molar-refractivity contribution in [3.05, 3.63) is 75.2 Å². The van der Waals surface area contributed by atoms with Gasteiger partial charge in [-0.05, 0) is 37.1 Å². The Kier molecular flexibility index (Phi) is 5.14. The zero-order valence-corrected chi connectivity index (χ0v) is 15.0. The maximum atomic E-state index is 11.2. The summed E-state index contributed by atoms with van der Waals surface area (Å²) in [7, 11) is 0. The van der Waals surface area contributed by atoms with Gasteiger partial charge < -0.3 is 4.42 Å². The number of nitrogens with zero attached hydrogens (tertiary/aromatic N) is 3. The highest BCUT2D eigenvalue weighted by Gasteiger charge is 2.15. The summed E-state index contributed by atoms with van der Waals surface area (Å²) in [5, 5.41) is 19.4. The molecule has 1 aromatic heterocycles. The highest BCUT2D eigenvalue weighted by atomic mass is 35.5. The molecule has 6 nitrogen and oxygen atoms in total. The quantitative estimate of drug-likeness (QED) is 0.453. The van der Waals surface area contributed by atoms with Crippen LogP contribution < -0.4 is 0 Å². The van der Waals surface area contributed by atoms with Crippen molar-refractivity contribution in [1.29, 1.82) is 0 Å². The summed E-state index contributed by atoms with van der Waals surface area (Å²) in [4.78, 5) is 10.8. The van der Waals surface area contributed by atoms with Gasteiger partial charge in [-0.3, -0.25) is 10.1 Å². The second kappa shape index (κ2) is 7.49.